The largest absolute Gasteiger partial charge is 0.494 e. The molecule has 1 atom stereocenters. The molecule has 0 bridgehead atoms. The van der Waals surface area contributed by atoms with Crippen LogP contribution in [0.1, 0.15) is 36.5 Å². The van der Waals surface area contributed by atoms with Gasteiger partial charge in [-0.05, 0) is 73.0 Å². The van der Waals surface area contributed by atoms with Crippen molar-refractivity contribution in [3.63, 3.8) is 0 Å². The Morgan fingerprint density at radius 2 is 1.88 bits per heavy atom. The molecule has 172 valence electrons. The van der Waals surface area contributed by atoms with Crippen LogP contribution < -0.4 is 4.74 Å². The number of hydrogen-bond donors (Lipinski definition) is 0. The van der Waals surface area contributed by atoms with Gasteiger partial charge in [0.2, 0.25) is 0 Å². The Morgan fingerprint density at radius 3 is 2.58 bits per heavy atom. The van der Waals surface area contributed by atoms with Crippen LogP contribution in [0.4, 0.5) is 0 Å². The van der Waals surface area contributed by atoms with Crippen molar-refractivity contribution in [2.45, 2.75) is 26.2 Å². The van der Waals surface area contributed by atoms with Crippen LogP contribution in [0.2, 0.25) is 0 Å². The van der Waals surface area contributed by atoms with Crippen LogP contribution >= 0.6 is 0 Å². The van der Waals surface area contributed by atoms with Crippen LogP contribution in [0.3, 0.4) is 0 Å². The molecule has 1 aliphatic heterocycles. The van der Waals surface area contributed by atoms with E-state index in [4.69, 9.17) is 9.47 Å². The molecule has 0 radical (unpaired) electrons. The van der Waals surface area contributed by atoms with Crippen LogP contribution in [0.15, 0.2) is 60.9 Å². The highest BCUT2D eigenvalue weighted by atomic mass is 16.5. The molecular weight excluding hydrogens is 422 g/mol. The number of para-hydroxylation sites is 1. The van der Waals surface area contributed by atoms with Crippen molar-refractivity contribution in [1.29, 1.82) is 0 Å². The first-order valence-electron chi connectivity index (χ1n) is 11.1. The molecule has 1 aliphatic rings. The first-order chi connectivity index (χ1) is 16.1. The summed E-state index contributed by atoms with van der Waals surface area (Å²) >= 11 is 0. The number of carbonyl (C=O) groups excluding carboxylic acids is 2. The van der Waals surface area contributed by atoms with Gasteiger partial charge in [0, 0.05) is 18.7 Å². The van der Waals surface area contributed by atoms with Gasteiger partial charge in [-0.2, -0.15) is 0 Å². The molecule has 33 heavy (non-hydrogen) atoms. The summed E-state index contributed by atoms with van der Waals surface area (Å²) in [6.45, 7) is 3.36. The zero-order chi connectivity index (χ0) is 23.1. The standard InChI is InChI=1S/C24H27N5O4/c1-2-32-23(31)24(14-16-33-21-7-4-3-5-8-21)13-6-15-28(17-24)22(30)19-9-11-20(12-10-19)29-18-25-26-27-29/h3-5,7-12,18H,2,6,13-17H2,1H3/t24-/m1/s1. The van der Waals surface area contributed by atoms with Gasteiger partial charge in [-0.15, -0.1) is 5.10 Å². The number of aromatic nitrogens is 4. The molecule has 0 spiro atoms. The number of benzene rings is 2. The van der Waals surface area contributed by atoms with Gasteiger partial charge in [-0.3, -0.25) is 9.59 Å². The molecule has 0 N–H and O–H groups in total. The highest BCUT2D eigenvalue weighted by Crippen LogP contribution is 2.36. The lowest BCUT2D eigenvalue weighted by atomic mass is 9.77. The summed E-state index contributed by atoms with van der Waals surface area (Å²) in [4.78, 5) is 28.0. The number of tetrazole rings is 1. The van der Waals surface area contributed by atoms with E-state index in [1.807, 2.05) is 30.3 Å². The fourth-order valence-corrected chi connectivity index (χ4v) is 4.16. The van der Waals surface area contributed by atoms with Crippen LogP contribution in [-0.4, -0.2) is 63.3 Å². The fourth-order valence-electron chi connectivity index (χ4n) is 4.16. The lowest BCUT2D eigenvalue weighted by molar-refractivity contribution is -0.159. The number of ether oxygens (including phenoxy) is 2. The van der Waals surface area contributed by atoms with Crippen LogP contribution in [0, 0.1) is 5.41 Å². The Morgan fingerprint density at radius 1 is 1.09 bits per heavy atom. The molecule has 9 heteroatoms. The number of piperidine rings is 1. The SMILES string of the molecule is CCOC(=O)[C@@]1(CCOc2ccccc2)CCCN(C(=O)c2ccc(-n3cnnn3)cc2)C1. The van der Waals surface area contributed by atoms with Gasteiger partial charge >= 0.3 is 5.97 Å². The second-order valence-electron chi connectivity index (χ2n) is 8.04. The lowest BCUT2D eigenvalue weighted by Crippen LogP contribution is -2.51. The third kappa shape index (κ3) is 5.19. The zero-order valence-electron chi connectivity index (χ0n) is 18.6. The maximum absolute atomic E-state index is 13.3. The van der Waals surface area contributed by atoms with Gasteiger partial charge in [0.25, 0.3) is 5.91 Å². The third-order valence-electron chi connectivity index (χ3n) is 5.89. The van der Waals surface area contributed by atoms with E-state index in [-0.39, 0.29) is 11.9 Å². The predicted molar refractivity (Wildman–Crippen MR) is 120 cm³/mol. The Hall–Kier alpha value is -3.75. The van der Waals surface area contributed by atoms with E-state index in [0.29, 0.717) is 44.7 Å². The quantitative estimate of drug-likeness (QED) is 0.488. The minimum absolute atomic E-state index is 0.115. The van der Waals surface area contributed by atoms with Crippen molar-refractivity contribution in [3.8, 4) is 11.4 Å². The first-order valence-corrected chi connectivity index (χ1v) is 11.1. The van der Waals surface area contributed by atoms with Crippen LogP contribution in [0.5, 0.6) is 5.75 Å². The van der Waals surface area contributed by atoms with Gasteiger partial charge in [0.1, 0.15) is 12.1 Å². The van der Waals surface area contributed by atoms with Crippen LogP contribution in [-0.2, 0) is 9.53 Å². The molecule has 0 unspecified atom stereocenters. The summed E-state index contributed by atoms with van der Waals surface area (Å²) in [7, 11) is 0. The number of esters is 1. The average Bonchev–Trinajstić information content (AvgIpc) is 3.40. The van der Waals surface area contributed by atoms with Crippen molar-refractivity contribution in [2.24, 2.45) is 5.41 Å². The van der Waals surface area contributed by atoms with E-state index in [1.165, 1.54) is 11.0 Å². The van der Waals surface area contributed by atoms with Crippen molar-refractivity contribution < 1.29 is 19.1 Å². The third-order valence-corrected chi connectivity index (χ3v) is 5.89. The molecule has 9 nitrogen and oxygen atoms in total. The van der Waals surface area contributed by atoms with E-state index in [0.717, 1.165) is 17.9 Å². The second kappa shape index (κ2) is 10.2. The Bertz CT molecular complexity index is 1060. The summed E-state index contributed by atoms with van der Waals surface area (Å²) in [5, 5.41) is 11.1. The topological polar surface area (TPSA) is 99.4 Å². The lowest BCUT2D eigenvalue weighted by Gasteiger charge is -2.41. The molecule has 0 saturated carbocycles. The van der Waals surface area contributed by atoms with Gasteiger partial charge in [0.15, 0.2) is 0 Å². The van der Waals surface area contributed by atoms with Crippen molar-refractivity contribution in [1.82, 2.24) is 25.1 Å². The van der Waals surface area contributed by atoms with Crippen LogP contribution in [0.25, 0.3) is 5.69 Å². The molecule has 1 aromatic heterocycles. The minimum Gasteiger partial charge on any atom is -0.494 e. The Balaban J connectivity index is 1.47. The number of hydrogen-bond acceptors (Lipinski definition) is 7. The molecule has 2 heterocycles. The maximum Gasteiger partial charge on any atom is 0.314 e. The molecule has 1 saturated heterocycles. The smallest absolute Gasteiger partial charge is 0.314 e. The van der Waals surface area contributed by atoms with Gasteiger partial charge in [0.05, 0.1) is 24.3 Å². The summed E-state index contributed by atoms with van der Waals surface area (Å²) in [6, 6.07) is 16.6. The zero-order valence-corrected chi connectivity index (χ0v) is 18.6. The molecular formula is C24H27N5O4. The Kier molecular flexibility index (Phi) is 6.97. The van der Waals surface area contributed by atoms with Gasteiger partial charge in [-0.25, -0.2) is 4.68 Å². The van der Waals surface area contributed by atoms with E-state index >= 15 is 0 Å². The summed E-state index contributed by atoms with van der Waals surface area (Å²) < 4.78 is 12.8. The monoisotopic (exact) mass is 449 g/mol. The van der Waals surface area contributed by atoms with Crippen molar-refractivity contribution in [2.75, 3.05) is 26.3 Å². The number of rotatable bonds is 8. The van der Waals surface area contributed by atoms with E-state index in [1.54, 1.807) is 36.1 Å². The number of carbonyl (C=O) groups is 2. The van der Waals surface area contributed by atoms with Gasteiger partial charge in [-0.1, -0.05) is 18.2 Å². The van der Waals surface area contributed by atoms with Crippen molar-refractivity contribution >= 4 is 11.9 Å². The molecule has 2 aromatic carbocycles. The van der Waals surface area contributed by atoms with Gasteiger partial charge < -0.3 is 14.4 Å². The Labute approximate surface area is 192 Å². The second-order valence-corrected chi connectivity index (χ2v) is 8.04. The highest BCUT2D eigenvalue weighted by molar-refractivity contribution is 5.95. The van der Waals surface area contributed by atoms with E-state index in [9.17, 15) is 9.59 Å². The number of amides is 1. The predicted octanol–water partition coefficient (Wildman–Crippen LogP) is 2.92. The minimum atomic E-state index is -0.787. The molecule has 1 fully saturated rings. The normalized spacial score (nSPS) is 18.0. The molecule has 1 amide bonds. The van der Waals surface area contributed by atoms with Crippen molar-refractivity contribution in [3.05, 3.63) is 66.5 Å². The molecule has 3 aromatic rings. The summed E-state index contributed by atoms with van der Waals surface area (Å²) in [6.07, 6.45) is 3.35. The fraction of sp³-hybridized carbons (Fsp3) is 0.375. The van der Waals surface area contributed by atoms with E-state index < -0.39 is 5.41 Å². The maximum atomic E-state index is 13.3. The summed E-state index contributed by atoms with van der Waals surface area (Å²) in [5.74, 6) is 0.367. The average molecular weight is 450 g/mol. The highest BCUT2D eigenvalue weighted by Gasteiger charge is 2.44. The van der Waals surface area contributed by atoms with E-state index in [2.05, 4.69) is 15.5 Å². The number of nitrogens with zero attached hydrogens (tertiary/aromatic N) is 5. The molecule has 4 rings (SSSR count). The number of likely N-dealkylation sites (tertiary alicyclic amines) is 1. The summed E-state index contributed by atoms with van der Waals surface area (Å²) in [5.41, 5.74) is 0.520. The first kappa shape index (κ1) is 22.4. The molecule has 0 aliphatic carbocycles.